The molecular formula is C13H16Cl2N2S. The van der Waals surface area contributed by atoms with Crippen molar-refractivity contribution in [2.45, 2.75) is 26.0 Å². The molecule has 1 N–H and O–H groups in total. The molecule has 1 aliphatic heterocycles. The van der Waals surface area contributed by atoms with Gasteiger partial charge in [-0.2, -0.15) is 0 Å². The van der Waals surface area contributed by atoms with Crippen LogP contribution in [0.4, 0.5) is 5.69 Å². The van der Waals surface area contributed by atoms with Gasteiger partial charge in [0.2, 0.25) is 0 Å². The third-order valence-corrected chi connectivity index (χ3v) is 5.08. The lowest BCUT2D eigenvalue weighted by Crippen LogP contribution is -2.13. The standard InChI is InChI=1S/C13H16Cl2N2S/c1-7(2)12-6-16-13(18-12)17-11-5-9(14)8(3)4-10(11)15/h4-5,7,12H,6H2,1-3H3,(H,16,17). The van der Waals surface area contributed by atoms with E-state index in [-0.39, 0.29) is 0 Å². The highest BCUT2D eigenvalue weighted by Gasteiger charge is 2.23. The summed E-state index contributed by atoms with van der Waals surface area (Å²) in [7, 11) is 0. The summed E-state index contributed by atoms with van der Waals surface area (Å²) in [6, 6.07) is 3.72. The highest BCUT2D eigenvalue weighted by atomic mass is 35.5. The van der Waals surface area contributed by atoms with Gasteiger partial charge in [0, 0.05) is 10.3 Å². The van der Waals surface area contributed by atoms with Crippen LogP contribution in [0.15, 0.2) is 17.1 Å². The molecule has 0 amide bonds. The van der Waals surface area contributed by atoms with Crippen LogP contribution in [0.5, 0.6) is 0 Å². The summed E-state index contributed by atoms with van der Waals surface area (Å²) in [6.45, 7) is 7.23. The number of amidine groups is 1. The monoisotopic (exact) mass is 302 g/mol. The fourth-order valence-electron chi connectivity index (χ4n) is 1.66. The van der Waals surface area contributed by atoms with Crippen LogP contribution in [-0.2, 0) is 0 Å². The normalized spacial score (nSPS) is 19.2. The van der Waals surface area contributed by atoms with Gasteiger partial charge in [-0.25, -0.2) is 0 Å². The third-order valence-electron chi connectivity index (χ3n) is 2.91. The summed E-state index contributed by atoms with van der Waals surface area (Å²) < 4.78 is 0. The first-order valence-corrected chi connectivity index (χ1v) is 7.54. The van der Waals surface area contributed by atoms with Gasteiger partial charge in [0.05, 0.1) is 17.3 Å². The summed E-state index contributed by atoms with van der Waals surface area (Å²) >= 11 is 14.1. The molecule has 1 heterocycles. The Morgan fingerprint density at radius 1 is 1.33 bits per heavy atom. The molecule has 0 saturated carbocycles. The Bertz CT molecular complexity index is 486. The zero-order valence-electron chi connectivity index (χ0n) is 10.6. The molecule has 2 nitrogen and oxygen atoms in total. The number of aryl methyl sites for hydroxylation is 1. The lowest BCUT2D eigenvalue weighted by Gasteiger charge is -2.13. The second kappa shape index (κ2) is 5.72. The van der Waals surface area contributed by atoms with Crippen LogP contribution in [-0.4, -0.2) is 17.0 Å². The van der Waals surface area contributed by atoms with Crippen LogP contribution in [0.2, 0.25) is 10.0 Å². The van der Waals surface area contributed by atoms with Crippen LogP contribution >= 0.6 is 35.0 Å². The topological polar surface area (TPSA) is 24.4 Å². The van der Waals surface area contributed by atoms with Crippen LogP contribution < -0.4 is 5.32 Å². The highest BCUT2D eigenvalue weighted by Crippen LogP contribution is 2.32. The maximum atomic E-state index is 6.19. The number of halogens is 2. The fraction of sp³-hybridized carbons (Fsp3) is 0.462. The van der Waals surface area contributed by atoms with E-state index in [2.05, 4.69) is 24.2 Å². The molecule has 0 fully saturated rings. The Kier molecular flexibility index (Phi) is 4.46. The molecule has 98 valence electrons. The van der Waals surface area contributed by atoms with E-state index in [0.29, 0.717) is 21.2 Å². The number of nitrogens with one attached hydrogen (secondary N) is 1. The first-order valence-electron chi connectivity index (χ1n) is 5.91. The second-order valence-electron chi connectivity index (χ2n) is 4.75. The number of hydrogen-bond acceptors (Lipinski definition) is 3. The van der Waals surface area contributed by atoms with Gasteiger partial charge in [-0.15, -0.1) is 0 Å². The van der Waals surface area contributed by atoms with Gasteiger partial charge in [0.15, 0.2) is 5.17 Å². The molecule has 1 unspecified atom stereocenters. The van der Waals surface area contributed by atoms with Gasteiger partial charge in [0.1, 0.15) is 0 Å². The van der Waals surface area contributed by atoms with Crippen molar-refractivity contribution in [1.29, 1.82) is 0 Å². The highest BCUT2D eigenvalue weighted by molar-refractivity contribution is 8.15. The van der Waals surface area contributed by atoms with Crippen molar-refractivity contribution < 1.29 is 0 Å². The number of nitrogens with zero attached hydrogens (tertiary/aromatic N) is 1. The minimum atomic E-state index is 0.548. The molecular weight excluding hydrogens is 287 g/mol. The van der Waals surface area contributed by atoms with E-state index in [1.165, 1.54) is 0 Å². The van der Waals surface area contributed by atoms with E-state index in [1.807, 2.05) is 19.1 Å². The molecule has 0 bridgehead atoms. The number of rotatable bonds is 2. The van der Waals surface area contributed by atoms with Gasteiger partial charge in [-0.05, 0) is 30.5 Å². The van der Waals surface area contributed by atoms with Gasteiger partial charge in [-0.3, -0.25) is 4.99 Å². The average Bonchev–Trinajstić information content (AvgIpc) is 2.74. The zero-order valence-corrected chi connectivity index (χ0v) is 13.0. The van der Waals surface area contributed by atoms with Crippen molar-refractivity contribution in [2.75, 3.05) is 11.9 Å². The second-order valence-corrected chi connectivity index (χ2v) is 6.79. The Hall–Kier alpha value is -0.380. The fourth-order valence-corrected chi connectivity index (χ4v) is 3.12. The van der Waals surface area contributed by atoms with Crippen molar-refractivity contribution in [2.24, 2.45) is 10.9 Å². The average molecular weight is 303 g/mol. The van der Waals surface area contributed by atoms with Crippen molar-refractivity contribution in [3.05, 3.63) is 27.7 Å². The van der Waals surface area contributed by atoms with Gasteiger partial charge < -0.3 is 5.32 Å². The molecule has 5 heteroatoms. The number of anilines is 1. The molecule has 1 aromatic carbocycles. The summed E-state index contributed by atoms with van der Waals surface area (Å²) in [4.78, 5) is 4.49. The van der Waals surface area contributed by atoms with E-state index in [4.69, 9.17) is 23.2 Å². The van der Waals surface area contributed by atoms with Gasteiger partial charge in [0.25, 0.3) is 0 Å². The van der Waals surface area contributed by atoms with Crippen molar-refractivity contribution in [3.63, 3.8) is 0 Å². The van der Waals surface area contributed by atoms with Crippen molar-refractivity contribution >= 4 is 45.8 Å². The quantitative estimate of drug-likeness (QED) is 0.845. The first kappa shape index (κ1) is 14.0. The largest absolute Gasteiger partial charge is 0.334 e. The minimum Gasteiger partial charge on any atom is -0.334 e. The molecule has 18 heavy (non-hydrogen) atoms. The number of benzene rings is 1. The Balaban J connectivity index is 2.09. The molecule has 0 aromatic heterocycles. The zero-order chi connectivity index (χ0) is 13.3. The van der Waals surface area contributed by atoms with E-state index < -0.39 is 0 Å². The minimum absolute atomic E-state index is 0.548. The van der Waals surface area contributed by atoms with Gasteiger partial charge >= 0.3 is 0 Å². The predicted molar refractivity (Wildman–Crippen MR) is 83.3 cm³/mol. The summed E-state index contributed by atoms with van der Waals surface area (Å²) in [6.07, 6.45) is 0. The summed E-state index contributed by atoms with van der Waals surface area (Å²) in [5.41, 5.74) is 1.80. The van der Waals surface area contributed by atoms with Crippen LogP contribution in [0, 0.1) is 12.8 Å². The maximum absolute atomic E-state index is 6.19. The molecule has 2 rings (SSSR count). The van der Waals surface area contributed by atoms with Crippen molar-refractivity contribution in [3.8, 4) is 0 Å². The summed E-state index contributed by atoms with van der Waals surface area (Å²) in [5, 5.41) is 6.12. The SMILES string of the molecule is Cc1cc(Cl)c(NC2=NCC(C(C)C)S2)cc1Cl. The van der Waals surface area contributed by atoms with E-state index in [9.17, 15) is 0 Å². The van der Waals surface area contributed by atoms with Gasteiger partial charge in [-0.1, -0.05) is 48.8 Å². The molecule has 0 saturated heterocycles. The molecule has 0 spiro atoms. The molecule has 1 atom stereocenters. The Morgan fingerprint density at radius 3 is 2.67 bits per heavy atom. The van der Waals surface area contributed by atoms with Crippen LogP contribution in [0.25, 0.3) is 0 Å². The van der Waals surface area contributed by atoms with E-state index >= 15 is 0 Å². The van der Waals surface area contributed by atoms with E-state index in [0.717, 1.165) is 23.0 Å². The number of aliphatic imine (C=N–C) groups is 1. The smallest absolute Gasteiger partial charge is 0.161 e. The van der Waals surface area contributed by atoms with E-state index in [1.54, 1.807) is 11.8 Å². The van der Waals surface area contributed by atoms with Crippen molar-refractivity contribution in [1.82, 2.24) is 0 Å². The molecule has 1 aromatic rings. The lowest BCUT2D eigenvalue weighted by molar-refractivity contribution is 0.621. The predicted octanol–water partition coefficient (Wildman–Crippen LogP) is 4.84. The summed E-state index contributed by atoms with van der Waals surface area (Å²) in [5.74, 6) is 0.620. The first-order chi connectivity index (χ1) is 8.47. The third kappa shape index (κ3) is 3.14. The Labute approximate surface area is 122 Å². The molecule has 1 aliphatic rings. The molecule has 0 radical (unpaired) electrons. The van der Waals surface area contributed by atoms with Crippen LogP contribution in [0.1, 0.15) is 19.4 Å². The number of thioether (sulfide) groups is 1. The number of hydrogen-bond donors (Lipinski definition) is 1. The Morgan fingerprint density at radius 2 is 2.06 bits per heavy atom. The lowest BCUT2D eigenvalue weighted by atomic mass is 10.1. The molecule has 0 aliphatic carbocycles. The maximum Gasteiger partial charge on any atom is 0.161 e. The van der Waals surface area contributed by atoms with Crippen LogP contribution in [0.3, 0.4) is 0 Å².